The number of esters is 1. The van der Waals surface area contributed by atoms with E-state index in [1.807, 2.05) is 31.4 Å². The first kappa shape index (κ1) is 20.0. The Hall–Kier alpha value is -2.72. The fraction of sp³-hybridized carbons (Fsp3) is 0.278. The second kappa shape index (κ2) is 9.47. The fourth-order valence-corrected chi connectivity index (χ4v) is 3.38. The van der Waals surface area contributed by atoms with E-state index in [1.165, 1.54) is 11.8 Å². The Balaban J connectivity index is 1.57. The molecule has 0 bridgehead atoms. The number of thioether (sulfide) groups is 1. The van der Waals surface area contributed by atoms with Crippen molar-refractivity contribution in [2.45, 2.75) is 12.1 Å². The van der Waals surface area contributed by atoms with Gasteiger partial charge in [0.25, 0.3) is 0 Å². The van der Waals surface area contributed by atoms with Crippen molar-refractivity contribution in [3.63, 3.8) is 0 Å². The van der Waals surface area contributed by atoms with Gasteiger partial charge in [-0.1, -0.05) is 16.3 Å². The number of anilines is 1. The lowest BCUT2D eigenvalue weighted by Gasteiger charge is -2.08. The maximum Gasteiger partial charge on any atom is 0.352 e. The zero-order chi connectivity index (χ0) is 19.9. The maximum absolute atomic E-state index is 12.4. The van der Waals surface area contributed by atoms with Gasteiger partial charge in [-0.05, 0) is 49.0 Å². The van der Waals surface area contributed by atoms with E-state index >= 15 is 0 Å². The van der Waals surface area contributed by atoms with E-state index in [0.717, 1.165) is 28.5 Å². The first-order valence-corrected chi connectivity index (χ1v) is 10.4. The Kier molecular flexibility index (Phi) is 6.77. The molecule has 1 aromatic carbocycles. The first-order valence-electron chi connectivity index (χ1n) is 8.38. The number of aryl methyl sites for hydroxylation is 1. The van der Waals surface area contributed by atoms with Gasteiger partial charge in [-0.3, -0.25) is 0 Å². The van der Waals surface area contributed by atoms with Crippen molar-refractivity contribution >= 4 is 35.1 Å². The van der Waals surface area contributed by atoms with Crippen LogP contribution < -0.4 is 10.1 Å². The monoisotopic (exact) mass is 417 g/mol. The number of benzene rings is 1. The van der Waals surface area contributed by atoms with Crippen molar-refractivity contribution in [2.75, 3.05) is 31.8 Å². The van der Waals surface area contributed by atoms with Crippen LogP contribution in [0.1, 0.15) is 15.4 Å². The number of rotatable bonds is 8. The molecule has 2 heterocycles. The second-order valence-electron chi connectivity index (χ2n) is 5.62. The van der Waals surface area contributed by atoms with Crippen molar-refractivity contribution < 1.29 is 14.3 Å². The predicted octanol–water partition coefficient (Wildman–Crippen LogP) is 3.30. The average molecular weight is 418 g/mol. The highest BCUT2D eigenvalue weighted by Crippen LogP contribution is 2.26. The standard InChI is InChI=1S/C18H19N5O3S2/c1-11-10-14(21-18(20-11)27-3)19-8-9-26-17(24)16-15(22-23-28-16)12-4-6-13(25-2)7-5-12/h4-7,10H,8-9H2,1-3H3,(H,19,20,21). The van der Waals surface area contributed by atoms with Gasteiger partial charge in [0.05, 0.1) is 13.7 Å². The number of ether oxygens (including phenoxy) is 2. The predicted molar refractivity (Wildman–Crippen MR) is 109 cm³/mol. The number of carbonyl (C=O) groups excluding carboxylic acids is 1. The van der Waals surface area contributed by atoms with Crippen molar-refractivity contribution in [2.24, 2.45) is 0 Å². The molecule has 2 aromatic heterocycles. The number of hydrogen-bond donors (Lipinski definition) is 1. The molecular formula is C18H19N5O3S2. The van der Waals surface area contributed by atoms with E-state index in [4.69, 9.17) is 9.47 Å². The van der Waals surface area contributed by atoms with Gasteiger partial charge in [0.15, 0.2) is 10.0 Å². The molecule has 10 heteroatoms. The summed E-state index contributed by atoms with van der Waals surface area (Å²) in [6, 6.07) is 9.11. The highest BCUT2D eigenvalue weighted by Gasteiger charge is 2.19. The quantitative estimate of drug-likeness (QED) is 0.256. The molecule has 1 N–H and O–H groups in total. The maximum atomic E-state index is 12.4. The van der Waals surface area contributed by atoms with Crippen LogP contribution in [-0.2, 0) is 4.74 Å². The Morgan fingerprint density at radius 1 is 1.25 bits per heavy atom. The molecule has 3 aromatic rings. The van der Waals surface area contributed by atoms with Crippen molar-refractivity contribution in [3.05, 3.63) is 40.9 Å². The fourth-order valence-electron chi connectivity index (χ4n) is 2.37. The average Bonchev–Trinajstić information content (AvgIpc) is 3.20. The number of hydrogen-bond acceptors (Lipinski definition) is 10. The third-order valence-electron chi connectivity index (χ3n) is 3.69. The highest BCUT2D eigenvalue weighted by molar-refractivity contribution is 7.98. The molecule has 28 heavy (non-hydrogen) atoms. The summed E-state index contributed by atoms with van der Waals surface area (Å²) in [6.07, 6.45) is 1.92. The summed E-state index contributed by atoms with van der Waals surface area (Å²) >= 11 is 2.49. The van der Waals surface area contributed by atoms with Gasteiger partial charge in [-0.15, -0.1) is 5.10 Å². The molecular weight excluding hydrogens is 398 g/mol. The molecule has 3 rings (SSSR count). The minimum Gasteiger partial charge on any atom is -0.497 e. The molecule has 0 unspecified atom stereocenters. The Morgan fingerprint density at radius 3 is 2.75 bits per heavy atom. The number of methoxy groups -OCH3 is 1. The SMILES string of the molecule is COc1ccc(-c2nnsc2C(=O)OCCNc2cc(C)nc(SC)n2)cc1. The summed E-state index contributed by atoms with van der Waals surface area (Å²) in [5, 5.41) is 7.89. The summed E-state index contributed by atoms with van der Waals surface area (Å²) in [7, 11) is 1.60. The number of carbonyl (C=O) groups is 1. The summed E-state index contributed by atoms with van der Waals surface area (Å²) < 4.78 is 14.4. The minimum absolute atomic E-state index is 0.191. The lowest BCUT2D eigenvalue weighted by Crippen LogP contribution is -2.14. The van der Waals surface area contributed by atoms with Gasteiger partial charge in [0, 0.05) is 17.3 Å². The van der Waals surface area contributed by atoms with Crippen LogP contribution in [0.25, 0.3) is 11.3 Å². The van der Waals surface area contributed by atoms with E-state index in [-0.39, 0.29) is 6.61 Å². The summed E-state index contributed by atoms with van der Waals surface area (Å²) in [4.78, 5) is 21.4. The molecule has 0 fully saturated rings. The lowest BCUT2D eigenvalue weighted by atomic mass is 10.1. The highest BCUT2D eigenvalue weighted by atomic mass is 32.2. The molecule has 0 radical (unpaired) electrons. The van der Waals surface area contributed by atoms with Crippen molar-refractivity contribution in [1.29, 1.82) is 0 Å². The van der Waals surface area contributed by atoms with Gasteiger partial charge in [0.2, 0.25) is 0 Å². The van der Waals surface area contributed by atoms with Crippen LogP contribution in [0.15, 0.2) is 35.5 Å². The van der Waals surface area contributed by atoms with Crippen LogP contribution in [0.3, 0.4) is 0 Å². The van der Waals surface area contributed by atoms with Gasteiger partial charge < -0.3 is 14.8 Å². The normalized spacial score (nSPS) is 10.5. The molecule has 0 saturated carbocycles. The number of aromatic nitrogens is 4. The molecule has 0 aliphatic rings. The largest absolute Gasteiger partial charge is 0.497 e. The number of nitrogens with zero attached hydrogens (tertiary/aromatic N) is 4. The molecule has 0 amide bonds. The lowest BCUT2D eigenvalue weighted by molar-refractivity contribution is 0.0527. The van der Waals surface area contributed by atoms with Crippen LogP contribution in [0.2, 0.25) is 0 Å². The first-order chi connectivity index (χ1) is 13.6. The van der Waals surface area contributed by atoms with Gasteiger partial charge in [-0.25, -0.2) is 14.8 Å². The van der Waals surface area contributed by atoms with Crippen LogP contribution in [0.4, 0.5) is 5.82 Å². The van der Waals surface area contributed by atoms with Crippen LogP contribution in [-0.4, -0.2) is 52.0 Å². The van der Waals surface area contributed by atoms with Crippen LogP contribution >= 0.6 is 23.3 Å². The smallest absolute Gasteiger partial charge is 0.352 e. The van der Waals surface area contributed by atoms with Crippen LogP contribution in [0, 0.1) is 6.92 Å². The number of nitrogens with one attached hydrogen (secondary N) is 1. The van der Waals surface area contributed by atoms with E-state index in [0.29, 0.717) is 28.1 Å². The second-order valence-corrected chi connectivity index (χ2v) is 7.15. The van der Waals surface area contributed by atoms with Crippen LogP contribution in [0.5, 0.6) is 5.75 Å². The minimum atomic E-state index is -0.453. The molecule has 0 atom stereocenters. The van der Waals surface area contributed by atoms with E-state index < -0.39 is 5.97 Å². The van der Waals surface area contributed by atoms with Crippen molar-refractivity contribution in [1.82, 2.24) is 19.6 Å². The molecule has 146 valence electrons. The zero-order valence-electron chi connectivity index (χ0n) is 15.6. The van der Waals surface area contributed by atoms with Crippen molar-refractivity contribution in [3.8, 4) is 17.0 Å². The summed E-state index contributed by atoms with van der Waals surface area (Å²) in [6.45, 7) is 2.53. The summed E-state index contributed by atoms with van der Waals surface area (Å²) in [5.74, 6) is 0.976. The molecule has 8 nitrogen and oxygen atoms in total. The topological polar surface area (TPSA) is 99.1 Å². The van der Waals surface area contributed by atoms with Gasteiger partial charge in [0.1, 0.15) is 23.9 Å². The van der Waals surface area contributed by atoms with E-state index in [9.17, 15) is 4.79 Å². The zero-order valence-corrected chi connectivity index (χ0v) is 17.3. The van der Waals surface area contributed by atoms with Gasteiger partial charge in [-0.2, -0.15) is 0 Å². The molecule has 0 aliphatic heterocycles. The van der Waals surface area contributed by atoms with E-state index in [1.54, 1.807) is 19.2 Å². The third kappa shape index (κ3) is 4.96. The third-order valence-corrected chi connectivity index (χ3v) is 4.95. The Morgan fingerprint density at radius 2 is 2.04 bits per heavy atom. The summed E-state index contributed by atoms with van der Waals surface area (Å²) in [5.41, 5.74) is 2.15. The van der Waals surface area contributed by atoms with E-state index in [2.05, 4.69) is 24.9 Å². The van der Waals surface area contributed by atoms with Gasteiger partial charge >= 0.3 is 5.97 Å². The Bertz CT molecular complexity index is 947. The molecule has 0 saturated heterocycles. The molecule has 0 spiro atoms. The molecule has 0 aliphatic carbocycles. The Labute approximate surface area is 170 Å².